The quantitative estimate of drug-likeness (QED) is 0.481. The molecule has 1 aromatic rings. The van der Waals surface area contributed by atoms with E-state index in [1.54, 1.807) is 0 Å². The minimum absolute atomic E-state index is 0.553. The van der Waals surface area contributed by atoms with Gasteiger partial charge >= 0.3 is 0 Å². The maximum Gasteiger partial charge on any atom is 0.0950 e. The van der Waals surface area contributed by atoms with Crippen molar-refractivity contribution in [2.75, 3.05) is 6.61 Å². The molecule has 1 rings (SSSR count). The second-order valence-electron chi connectivity index (χ2n) is 2.18. The number of aryl methyl sites for hydroxylation is 1. The van der Waals surface area contributed by atoms with Gasteiger partial charge in [0.1, 0.15) is 0 Å². The summed E-state index contributed by atoms with van der Waals surface area (Å²) >= 11 is 2.22. The summed E-state index contributed by atoms with van der Waals surface area (Å²) in [7, 11) is 0. The molecule has 0 aliphatic rings. The average molecular weight is 284 g/mol. The lowest BCUT2D eigenvalue weighted by atomic mass is 10.5. The van der Waals surface area contributed by atoms with Crippen molar-refractivity contribution in [2.24, 2.45) is 0 Å². The van der Waals surface area contributed by atoms with Gasteiger partial charge in [0.05, 0.1) is 25.1 Å². The number of aromatic nitrogens is 2. The minimum Gasteiger partial charge on any atom is -0.350 e. The molecule has 3 nitrogen and oxygen atoms in total. The summed E-state index contributed by atoms with van der Waals surface area (Å²) < 4.78 is 7.25. The van der Waals surface area contributed by atoms with E-state index in [0.717, 1.165) is 18.8 Å². The van der Waals surface area contributed by atoms with E-state index in [4.69, 9.17) is 4.52 Å². The molecule has 0 aliphatic carbocycles. The van der Waals surface area contributed by atoms with Crippen LogP contribution in [0, 0.1) is 6.92 Å². The van der Waals surface area contributed by atoms with Crippen molar-refractivity contribution >= 4 is 28.5 Å². The zero-order valence-electron chi connectivity index (χ0n) is 6.25. The molecule has 1 atom stereocenters. The van der Waals surface area contributed by atoms with E-state index >= 15 is 0 Å². The third-order valence-corrected chi connectivity index (χ3v) is 2.52. The normalized spacial score (nSPS) is 11.5. The zero-order valence-corrected chi connectivity index (χ0v) is 9.41. The maximum absolute atomic E-state index is 5.21. The van der Waals surface area contributed by atoms with E-state index in [0.29, 0.717) is 6.45 Å². The first-order valence-electron chi connectivity index (χ1n) is 3.28. The summed E-state index contributed by atoms with van der Waals surface area (Å²) in [6.45, 7) is 4.21. The van der Waals surface area contributed by atoms with Crippen LogP contribution in [0.5, 0.6) is 0 Å². The second-order valence-corrected chi connectivity index (χ2v) is 3.94. The van der Waals surface area contributed by atoms with E-state index in [-0.39, 0.29) is 0 Å². The lowest BCUT2D eigenvalue weighted by Gasteiger charge is -1.99. The molecular weight excluding hydrogens is 274 g/mol. The summed E-state index contributed by atoms with van der Waals surface area (Å²) in [6.07, 6.45) is 3.84. The third-order valence-electron chi connectivity index (χ3n) is 1.27. The maximum atomic E-state index is 5.21. The Balaban J connectivity index is 2.27. The van der Waals surface area contributed by atoms with Gasteiger partial charge in [0, 0.05) is 12.7 Å². The fraction of sp³-hybridized carbons (Fsp3) is 0.500. The van der Waals surface area contributed by atoms with Crippen LogP contribution in [0.25, 0.3) is 0 Å². The molecule has 5 heteroatoms. The molecule has 0 spiro atoms. The van der Waals surface area contributed by atoms with Crippen LogP contribution in [0.2, 0.25) is 0 Å². The molecule has 0 aliphatic heterocycles. The fourth-order valence-electron chi connectivity index (χ4n) is 0.784. The molecule has 1 unspecified atom stereocenters. The number of hydrogen-bond donors (Lipinski definition) is 0. The lowest BCUT2D eigenvalue weighted by Crippen LogP contribution is -1.99. The van der Waals surface area contributed by atoms with Crippen molar-refractivity contribution < 1.29 is 4.52 Å². The van der Waals surface area contributed by atoms with Crippen molar-refractivity contribution in [1.29, 1.82) is 0 Å². The molecule has 0 fully saturated rings. The highest BCUT2D eigenvalue weighted by atomic mass is 127. The van der Waals surface area contributed by atoms with Crippen LogP contribution in [0.1, 0.15) is 5.69 Å². The molecule has 1 heterocycles. The summed E-state index contributed by atoms with van der Waals surface area (Å²) in [5.41, 5.74) is 1.06. The lowest BCUT2D eigenvalue weighted by molar-refractivity contribution is 0.345. The number of rotatable bonds is 4. The predicted octanol–water partition coefficient (Wildman–Crippen LogP) is 2.15. The van der Waals surface area contributed by atoms with Gasteiger partial charge in [-0.25, -0.2) is 4.98 Å². The summed E-state index contributed by atoms with van der Waals surface area (Å²) in [4.78, 5) is 4.10. The fourth-order valence-corrected chi connectivity index (χ4v) is 1.61. The Hall–Kier alpha value is 0.330. The summed E-state index contributed by atoms with van der Waals surface area (Å²) in [6, 6.07) is 0. The van der Waals surface area contributed by atoms with Crippen molar-refractivity contribution in [2.45, 2.75) is 13.5 Å². The van der Waals surface area contributed by atoms with Gasteiger partial charge in [-0.05, 0) is 29.0 Å². The minimum atomic E-state index is 0.553. The monoisotopic (exact) mass is 284 g/mol. The van der Waals surface area contributed by atoms with Crippen LogP contribution in [-0.2, 0) is 11.1 Å². The first-order valence-corrected chi connectivity index (χ1v) is 7.31. The Morgan fingerprint density at radius 1 is 1.82 bits per heavy atom. The first kappa shape index (κ1) is 9.42. The smallest absolute Gasteiger partial charge is 0.0950 e. The van der Waals surface area contributed by atoms with Gasteiger partial charge in [0.25, 0.3) is 0 Å². The summed E-state index contributed by atoms with van der Waals surface area (Å²) in [5.74, 6) is 0. The van der Waals surface area contributed by atoms with Crippen LogP contribution < -0.4 is 0 Å². The molecule has 0 amide bonds. The van der Waals surface area contributed by atoms with E-state index in [9.17, 15) is 0 Å². The number of nitrogens with zero attached hydrogens (tertiary/aromatic N) is 2. The van der Waals surface area contributed by atoms with Crippen molar-refractivity contribution in [3.05, 3.63) is 18.2 Å². The van der Waals surface area contributed by atoms with E-state index in [2.05, 4.69) is 27.0 Å². The van der Waals surface area contributed by atoms with Crippen LogP contribution in [0.3, 0.4) is 0 Å². The predicted molar refractivity (Wildman–Crippen MR) is 55.3 cm³/mol. The highest BCUT2D eigenvalue weighted by molar-refractivity contribution is 14.2. The largest absolute Gasteiger partial charge is 0.350 e. The van der Waals surface area contributed by atoms with Crippen LogP contribution in [-0.4, -0.2) is 16.2 Å². The first-order chi connectivity index (χ1) is 5.33. The van der Waals surface area contributed by atoms with Crippen molar-refractivity contribution in [3.63, 3.8) is 0 Å². The van der Waals surface area contributed by atoms with Gasteiger partial charge in [-0.15, -0.1) is 0 Å². The molecular formula is C6H10IN2OP. The van der Waals surface area contributed by atoms with Crippen LogP contribution in [0.15, 0.2) is 12.5 Å². The Labute approximate surface area is 80.9 Å². The standard InChI is InChI=1S/C6H10IN2OP/c1-6-4-9(5-8-6)2-3-10-11-7/h4-5,11H,2-3H2,1H3. The third kappa shape index (κ3) is 3.49. The average Bonchev–Trinajstić information content (AvgIpc) is 2.37. The van der Waals surface area contributed by atoms with Crippen molar-refractivity contribution in [1.82, 2.24) is 9.55 Å². The highest BCUT2D eigenvalue weighted by Gasteiger charge is 1.91. The number of hydrogen-bond acceptors (Lipinski definition) is 2. The Kier molecular flexibility index (Phi) is 4.33. The van der Waals surface area contributed by atoms with Crippen molar-refractivity contribution in [3.8, 4) is 0 Å². The van der Waals surface area contributed by atoms with Crippen LogP contribution >= 0.6 is 28.5 Å². The Morgan fingerprint density at radius 2 is 2.64 bits per heavy atom. The molecule has 0 aromatic carbocycles. The van der Waals surface area contributed by atoms with E-state index in [1.165, 1.54) is 0 Å². The van der Waals surface area contributed by atoms with E-state index in [1.807, 2.05) is 24.0 Å². The van der Waals surface area contributed by atoms with E-state index < -0.39 is 0 Å². The van der Waals surface area contributed by atoms with Gasteiger partial charge < -0.3 is 9.09 Å². The Morgan fingerprint density at radius 3 is 3.18 bits per heavy atom. The molecule has 11 heavy (non-hydrogen) atoms. The number of imidazole rings is 1. The SMILES string of the molecule is Cc1cn(CCOPI)cn1. The molecule has 1 aromatic heterocycles. The second kappa shape index (κ2) is 5.06. The van der Waals surface area contributed by atoms with Gasteiger partial charge in [0.15, 0.2) is 0 Å². The molecule has 0 bridgehead atoms. The molecule has 0 saturated carbocycles. The summed E-state index contributed by atoms with van der Waals surface area (Å²) in [5, 5.41) is 0. The zero-order chi connectivity index (χ0) is 8.10. The highest BCUT2D eigenvalue weighted by Crippen LogP contribution is 2.21. The molecule has 0 N–H and O–H groups in total. The van der Waals surface area contributed by atoms with Gasteiger partial charge in [-0.1, -0.05) is 0 Å². The van der Waals surface area contributed by atoms with Gasteiger partial charge in [-0.2, -0.15) is 0 Å². The molecule has 62 valence electrons. The topological polar surface area (TPSA) is 27.1 Å². The molecule has 0 radical (unpaired) electrons. The van der Waals surface area contributed by atoms with Crippen LogP contribution in [0.4, 0.5) is 0 Å². The number of halogens is 1. The molecule has 0 saturated heterocycles. The Bertz CT molecular complexity index is 216. The van der Waals surface area contributed by atoms with Gasteiger partial charge in [0.2, 0.25) is 0 Å². The van der Waals surface area contributed by atoms with Gasteiger partial charge in [-0.3, -0.25) is 0 Å².